The molecule has 156 valence electrons. The van der Waals surface area contributed by atoms with Crippen LogP contribution in [-0.2, 0) is 9.53 Å². The second-order valence-electron chi connectivity index (χ2n) is 7.19. The fourth-order valence-electron chi connectivity index (χ4n) is 3.19. The summed E-state index contributed by atoms with van der Waals surface area (Å²) in [4.78, 5) is 12.4. The molecule has 1 aliphatic heterocycles. The van der Waals surface area contributed by atoms with Crippen molar-refractivity contribution in [2.24, 2.45) is 0 Å². The van der Waals surface area contributed by atoms with Gasteiger partial charge >= 0.3 is 5.97 Å². The number of allylic oxidation sites excluding steroid dienone is 2. The predicted molar refractivity (Wildman–Crippen MR) is 120 cm³/mol. The third-order valence-corrected chi connectivity index (χ3v) is 8.13. The van der Waals surface area contributed by atoms with Crippen molar-refractivity contribution >= 4 is 29.5 Å². The number of carbonyl (C=O) groups excluding carboxylic acids is 1. The number of hydrogen-bond acceptors (Lipinski definition) is 5. The first-order valence-corrected chi connectivity index (χ1v) is 12.5. The number of thioether (sulfide) groups is 2. The Bertz CT molecular complexity index is 456. The summed E-state index contributed by atoms with van der Waals surface area (Å²) in [6, 6.07) is 0. The quantitative estimate of drug-likeness (QED) is 0.161. The molecule has 0 radical (unpaired) electrons. The van der Waals surface area contributed by atoms with Gasteiger partial charge in [0.2, 0.25) is 0 Å². The Morgan fingerprint density at radius 3 is 2.22 bits per heavy atom. The minimum absolute atomic E-state index is 0.339. The normalized spacial score (nSPS) is 18.1. The zero-order valence-corrected chi connectivity index (χ0v) is 18.8. The van der Waals surface area contributed by atoms with Crippen molar-refractivity contribution < 1.29 is 14.6 Å². The lowest BCUT2D eigenvalue weighted by atomic mass is 10.0. The highest BCUT2D eigenvalue weighted by atomic mass is 32.2. The third kappa shape index (κ3) is 9.58. The molecule has 1 aliphatic rings. The molecule has 1 heterocycles. The van der Waals surface area contributed by atoms with Gasteiger partial charge in [-0.05, 0) is 57.5 Å². The topological polar surface area (TPSA) is 46.5 Å². The summed E-state index contributed by atoms with van der Waals surface area (Å²) in [6.45, 7) is 7.95. The van der Waals surface area contributed by atoms with Crippen molar-refractivity contribution in [1.29, 1.82) is 0 Å². The predicted octanol–water partition coefficient (Wildman–Crippen LogP) is 6.12. The lowest BCUT2D eigenvalue weighted by Gasteiger charge is -2.37. The summed E-state index contributed by atoms with van der Waals surface area (Å²) in [5.74, 6) is 1.70. The van der Waals surface area contributed by atoms with E-state index in [0.717, 1.165) is 37.2 Å². The summed E-state index contributed by atoms with van der Waals surface area (Å²) in [5, 5.41) is 10.9. The van der Waals surface area contributed by atoms with E-state index in [-0.39, 0.29) is 10.0 Å². The fraction of sp³-hybridized carbons (Fsp3) is 0.773. The molecule has 5 heteroatoms. The minimum atomic E-state index is -0.781. The molecular weight excluding hydrogens is 376 g/mol. The largest absolute Gasteiger partial charge is 0.463 e. The van der Waals surface area contributed by atoms with E-state index in [0.29, 0.717) is 12.2 Å². The van der Waals surface area contributed by atoms with Gasteiger partial charge in [-0.2, -0.15) is 0 Å². The number of hydrogen-bond donors (Lipinski definition) is 1. The number of aliphatic hydroxyl groups is 1. The number of esters is 1. The number of carbonyl (C=O) groups is 1. The summed E-state index contributed by atoms with van der Waals surface area (Å²) in [5.41, 5.74) is 0.450. The minimum Gasteiger partial charge on any atom is -0.463 e. The smallest absolute Gasteiger partial charge is 0.336 e. The average Bonchev–Trinajstić information content (AvgIpc) is 2.66. The molecule has 27 heavy (non-hydrogen) atoms. The molecule has 0 amide bonds. The van der Waals surface area contributed by atoms with E-state index in [2.05, 4.69) is 6.58 Å². The van der Waals surface area contributed by atoms with Crippen LogP contribution in [0, 0.1) is 0 Å². The molecule has 1 atom stereocenters. The highest BCUT2D eigenvalue weighted by Crippen LogP contribution is 2.46. The van der Waals surface area contributed by atoms with Gasteiger partial charge in [-0.15, -0.1) is 30.1 Å². The van der Waals surface area contributed by atoms with Crippen LogP contribution in [-0.4, -0.2) is 39.4 Å². The molecule has 0 aromatic carbocycles. The standard InChI is InChI=1S/C22H38O3S2/c1-4-6-7-8-9-10-11-12-13-14-16-19(21(24)25-5-2)20(23)22(3)26-17-15-18-27-22/h4,16,20,23H,1,5-15,17-18H2,2-3H3/b19-16-. The van der Waals surface area contributed by atoms with Crippen LogP contribution >= 0.6 is 23.5 Å². The Morgan fingerprint density at radius 1 is 1.11 bits per heavy atom. The highest BCUT2D eigenvalue weighted by molar-refractivity contribution is 8.18. The molecule has 0 saturated carbocycles. The Balaban J connectivity index is 2.44. The SMILES string of the molecule is C=CCCCCCCCCC/C=C(\C(=O)OCC)C(O)C1(C)SCCCS1. The maximum atomic E-state index is 12.4. The lowest BCUT2D eigenvalue weighted by molar-refractivity contribution is -0.139. The summed E-state index contributed by atoms with van der Waals surface area (Å²) < 4.78 is 4.85. The number of aliphatic hydroxyl groups excluding tert-OH is 1. The Morgan fingerprint density at radius 2 is 1.67 bits per heavy atom. The highest BCUT2D eigenvalue weighted by Gasteiger charge is 2.40. The molecule has 0 aliphatic carbocycles. The van der Waals surface area contributed by atoms with E-state index in [4.69, 9.17) is 4.74 Å². The first-order valence-electron chi connectivity index (χ1n) is 10.5. The third-order valence-electron chi connectivity index (χ3n) is 4.85. The lowest BCUT2D eigenvalue weighted by Crippen LogP contribution is -2.39. The molecular formula is C22H38O3S2. The number of unbranched alkanes of at least 4 members (excludes halogenated alkanes) is 8. The second-order valence-corrected chi connectivity index (χ2v) is 10.5. The maximum absolute atomic E-state index is 12.4. The molecule has 0 aromatic heterocycles. The van der Waals surface area contributed by atoms with E-state index < -0.39 is 6.10 Å². The monoisotopic (exact) mass is 414 g/mol. The van der Waals surface area contributed by atoms with E-state index in [1.54, 1.807) is 23.5 Å². The Labute approximate surface area is 174 Å². The summed E-state index contributed by atoms with van der Waals surface area (Å²) in [7, 11) is 0. The van der Waals surface area contributed by atoms with Crippen LogP contribution in [0.5, 0.6) is 0 Å². The van der Waals surface area contributed by atoms with Gasteiger partial charge in [0.15, 0.2) is 0 Å². The van der Waals surface area contributed by atoms with E-state index >= 15 is 0 Å². The molecule has 1 saturated heterocycles. The van der Waals surface area contributed by atoms with Crippen molar-refractivity contribution in [3.8, 4) is 0 Å². The Hall–Kier alpha value is -0.390. The van der Waals surface area contributed by atoms with Crippen molar-refractivity contribution in [2.75, 3.05) is 18.1 Å². The van der Waals surface area contributed by atoms with Crippen LogP contribution in [0.2, 0.25) is 0 Å². The molecule has 0 bridgehead atoms. The van der Waals surface area contributed by atoms with E-state index in [9.17, 15) is 9.90 Å². The molecule has 1 fully saturated rings. The van der Waals surface area contributed by atoms with Crippen LogP contribution in [0.4, 0.5) is 0 Å². The maximum Gasteiger partial charge on any atom is 0.336 e. The molecule has 1 unspecified atom stereocenters. The summed E-state index contributed by atoms with van der Waals surface area (Å²) in [6.07, 6.45) is 14.8. The first-order chi connectivity index (χ1) is 13.0. The average molecular weight is 415 g/mol. The first kappa shape index (κ1) is 24.6. The van der Waals surface area contributed by atoms with Gasteiger partial charge in [0.1, 0.15) is 6.10 Å². The summed E-state index contributed by atoms with van der Waals surface area (Å²) >= 11 is 3.51. The van der Waals surface area contributed by atoms with E-state index in [1.807, 2.05) is 26.0 Å². The zero-order chi connectivity index (χ0) is 20.0. The molecule has 1 N–H and O–H groups in total. The Kier molecular flexibility index (Phi) is 13.3. The van der Waals surface area contributed by atoms with Gasteiger partial charge in [0, 0.05) is 0 Å². The van der Waals surface area contributed by atoms with Crippen molar-refractivity contribution in [3.05, 3.63) is 24.3 Å². The van der Waals surface area contributed by atoms with Gasteiger partial charge < -0.3 is 9.84 Å². The van der Waals surface area contributed by atoms with Crippen LogP contribution < -0.4 is 0 Å². The van der Waals surface area contributed by atoms with Gasteiger partial charge in [-0.1, -0.05) is 44.3 Å². The van der Waals surface area contributed by atoms with Crippen LogP contribution in [0.25, 0.3) is 0 Å². The van der Waals surface area contributed by atoms with Gasteiger partial charge in [-0.3, -0.25) is 0 Å². The molecule has 3 nitrogen and oxygen atoms in total. The molecule has 1 rings (SSSR count). The molecule has 0 spiro atoms. The van der Waals surface area contributed by atoms with Crippen LogP contribution in [0.15, 0.2) is 24.3 Å². The van der Waals surface area contributed by atoms with Crippen LogP contribution in [0.3, 0.4) is 0 Å². The number of ether oxygens (including phenoxy) is 1. The molecule has 0 aromatic rings. The van der Waals surface area contributed by atoms with Gasteiger partial charge in [0.25, 0.3) is 0 Å². The number of rotatable bonds is 14. The van der Waals surface area contributed by atoms with Gasteiger partial charge in [-0.25, -0.2) is 4.79 Å². The fourth-order valence-corrected chi connectivity index (χ4v) is 6.16. The zero-order valence-electron chi connectivity index (χ0n) is 17.2. The van der Waals surface area contributed by atoms with Gasteiger partial charge in [0.05, 0.1) is 16.3 Å². The van der Waals surface area contributed by atoms with Crippen molar-refractivity contribution in [1.82, 2.24) is 0 Å². The second kappa shape index (κ2) is 14.6. The van der Waals surface area contributed by atoms with Crippen molar-refractivity contribution in [2.45, 2.75) is 88.2 Å². The van der Waals surface area contributed by atoms with Crippen molar-refractivity contribution in [3.63, 3.8) is 0 Å². The van der Waals surface area contributed by atoms with Crippen LogP contribution in [0.1, 0.15) is 78.1 Å². The van der Waals surface area contributed by atoms with E-state index in [1.165, 1.54) is 38.5 Å².